The highest BCUT2D eigenvalue weighted by Crippen LogP contribution is 2.24. The Morgan fingerprint density at radius 3 is 2.47 bits per heavy atom. The average molecular weight is 507 g/mol. The lowest BCUT2D eigenvalue weighted by Crippen LogP contribution is -2.23. The van der Waals surface area contributed by atoms with Gasteiger partial charge in [0.2, 0.25) is 5.90 Å². The minimum absolute atomic E-state index is 0.0688. The molecule has 0 N–H and O–H groups in total. The van der Waals surface area contributed by atoms with Gasteiger partial charge in [0.25, 0.3) is 0 Å². The summed E-state index contributed by atoms with van der Waals surface area (Å²) in [5.74, 6) is 0.128. The second-order valence-electron chi connectivity index (χ2n) is 7.94. The number of hydrogen-bond donors (Lipinski definition) is 0. The number of benzene rings is 3. The number of halogens is 2. The lowest BCUT2D eigenvalue weighted by atomic mass is 10.0. The van der Waals surface area contributed by atoms with Gasteiger partial charge in [-0.2, -0.15) is 14.5 Å². The van der Waals surface area contributed by atoms with Gasteiger partial charge in [-0.1, -0.05) is 54.9 Å². The molecule has 0 saturated heterocycles. The summed E-state index contributed by atoms with van der Waals surface area (Å²) in [6.45, 7) is 3.83. The van der Waals surface area contributed by atoms with Crippen LogP contribution in [0.1, 0.15) is 31.4 Å². The lowest BCUT2D eigenvalue weighted by Gasteiger charge is -2.12. The van der Waals surface area contributed by atoms with Crippen LogP contribution in [-0.4, -0.2) is 31.4 Å². The van der Waals surface area contributed by atoms with E-state index in [1.165, 1.54) is 23.9 Å². The standard InChI is InChI=1S/C26H24ClFN6O2/c1-4-25(36-16-22-23(27)9-6-10-24(22)34-26(35)33(3)31-32-34)30-29-17(2)19-7-5-8-20(15-19)18-11-13-21(28)14-12-18/h5-15H,4,16H2,1-3H3/b29-17+,30-25+. The molecule has 4 rings (SSSR count). The molecule has 0 aliphatic rings. The van der Waals surface area contributed by atoms with Crippen LogP contribution in [0.3, 0.4) is 0 Å². The van der Waals surface area contributed by atoms with Gasteiger partial charge in [0.15, 0.2) is 0 Å². The summed E-state index contributed by atoms with van der Waals surface area (Å²) in [5, 5.41) is 16.7. The summed E-state index contributed by atoms with van der Waals surface area (Å²) in [7, 11) is 1.52. The van der Waals surface area contributed by atoms with Crippen molar-refractivity contribution in [3.63, 3.8) is 0 Å². The number of hydrogen-bond acceptors (Lipinski definition) is 6. The molecule has 0 bridgehead atoms. The van der Waals surface area contributed by atoms with E-state index in [-0.39, 0.29) is 12.4 Å². The van der Waals surface area contributed by atoms with E-state index >= 15 is 0 Å². The molecule has 0 saturated carbocycles. The van der Waals surface area contributed by atoms with E-state index in [4.69, 9.17) is 16.3 Å². The van der Waals surface area contributed by atoms with Gasteiger partial charge < -0.3 is 4.74 Å². The van der Waals surface area contributed by atoms with Crippen LogP contribution in [0.4, 0.5) is 4.39 Å². The topological polar surface area (TPSA) is 86.7 Å². The fourth-order valence-corrected chi connectivity index (χ4v) is 3.69. The van der Waals surface area contributed by atoms with Crippen molar-refractivity contribution in [1.29, 1.82) is 0 Å². The van der Waals surface area contributed by atoms with Crippen LogP contribution < -0.4 is 5.69 Å². The fraction of sp³-hybridized carbons (Fsp3) is 0.192. The van der Waals surface area contributed by atoms with Gasteiger partial charge in [-0.25, -0.2) is 9.18 Å². The monoisotopic (exact) mass is 506 g/mol. The van der Waals surface area contributed by atoms with Crippen molar-refractivity contribution in [2.24, 2.45) is 17.3 Å². The Kier molecular flexibility index (Phi) is 7.70. The second-order valence-corrected chi connectivity index (χ2v) is 8.35. The van der Waals surface area contributed by atoms with E-state index in [0.29, 0.717) is 34.3 Å². The van der Waals surface area contributed by atoms with Crippen molar-refractivity contribution < 1.29 is 9.13 Å². The Morgan fingerprint density at radius 1 is 1.03 bits per heavy atom. The van der Waals surface area contributed by atoms with Crippen LogP contribution >= 0.6 is 11.6 Å². The third-order valence-corrected chi connectivity index (χ3v) is 5.85. The maximum Gasteiger partial charge on any atom is 0.368 e. The van der Waals surface area contributed by atoms with Crippen molar-refractivity contribution >= 4 is 23.2 Å². The van der Waals surface area contributed by atoms with Crippen molar-refractivity contribution in [3.05, 3.63) is 99.2 Å². The van der Waals surface area contributed by atoms with Gasteiger partial charge in [-0.05, 0) is 64.4 Å². The van der Waals surface area contributed by atoms with E-state index in [2.05, 4.69) is 20.6 Å². The molecule has 184 valence electrons. The largest absolute Gasteiger partial charge is 0.475 e. The number of aromatic nitrogens is 4. The molecule has 1 heterocycles. The Balaban J connectivity index is 1.54. The summed E-state index contributed by atoms with van der Waals surface area (Å²) in [4.78, 5) is 12.3. The van der Waals surface area contributed by atoms with Crippen LogP contribution in [0.2, 0.25) is 5.02 Å². The van der Waals surface area contributed by atoms with Gasteiger partial charge in [0.05, 0.1) is 11.4 Å². The number of tetrazole rings is 1. The van der Waals surface area contributed by atoms with Crippen molar-refractivity contribution in [3.8, 4) is 16.8 Å². The molecule has 8 nitrogen and oxygen atoms in total. The Labute approximate surface area is 212 Å². The van der Waals surface area contributed by atoms with Gasteiger partial charge in [-0.15, -0.1) is 5.10 Å². The summed E-state index contributed by atoms with van der Waals surface area (Å²) in [5.41, 5.74) is 4.09. The van der Waals surface area contributed by atoms with E-state index in [1.54, 1.807) is 30.3 Å². The van der Waals surface area contributed by atoms with Gasteiger partial charge in [0.1, 0.15) is 12.4 Å². The summed E-state index contributed by atoms with van der Waals surface area (Å²) in [6, 6.07) is 19.3. The number of ether oxygens (including phenoxy) is 1. The molecule has 0 spiro atoms. The third-order valence-electron chi connectivity index (χ3n) is 5.50. The Hall–Kier alpha value is -4.11. The van der Waals surface area contributed by atoms with Crippen LogP contribution in [-0.2, 0) is 18.4 Å². The molecule has 0 unspecified atom stereocenters. The summed E-state index contributed by atoms with van der Waals surface area (Å²) < 4.78 is 21.5. The molecule has 0 radical (unpaired) electrons. The van der Waals surface area contributed by atoms with Crippen LogP contribution in [0.15, 0.2) is 81.7 Å². The number of nitrogens with zero attached hydrogens (tertiary/aromatic N) is 6. The molecule has 4 aromatic rings. The maximum absolute atomic E-state index is 13.3. The van der Waals surface area contributed by atoms with Gasteiger partial charge >= 0.3 is 5.69 Å². The lowest BCUT2D eigenvalue weighted by molar-refractivity contribution is 0.283. The average Bonchev–Trinajstić information content (AvgIpc) is 3.22. The smallest absolute Gasteiger partial charge is 0.368 e. The number of aryl methyl sites for hydroxylation is 1. The summed E-state index contributed by atoms with van der Waals surface area (Å²) >= 11 is 6.41. The first-order valence-corrected chi connectivity index (χ1v) is 11.6. The zero-order valence-corrected chi connectivity index (χ0v) is 20.8. The maximum atomic E-state index is 13.3. The first-order chi connectivity index (χ1) is 17.4. The zero-order chi connectivity index (χ0) is 25.7. The molecule has 36 heavy (non-hydrogen) atoms. The molecule has 0 amide bonds. The first kappa shape index (κ1) is 25.0. The van der Waals surface area contributed by atoms with E-state index in [9.17, 15) is 9.18 Å². The predicted molar refractivity (Wildman–Crippen MR) is 138 cm³/mol. The molecular weight excluding hydrogens is 483 g/mol. The third kappa shape index (κ3) is 5.58. The Bertz CT molecular complexity index is 1490. The minimum Gasteiger partial charge on any atom is -0.475 e. The first-order valence-electron chi connectivity index (χ1n) is 11.2. The SMILES string of the molecule is CC/C(=N\N=C(/C)c1cccc(-c2ccc(F)cc2)c1)OCc1c(Cl)cccc1-n1nnn(C)c1=O. The highest BCUT2D eigenvalue weighted by Gasteiger charge is 2.15. The Morgan fingerprint density at radius 2 is 1.78 bits per heavy atom. The predicted octanol–water partition coefficient (Wildman–Crippen LogP) is 5.17. The summed E-state index contributed by atoms with van der Waals surface area (Å²) in [6.07, 6.45) is 0.497. The molecular formula is C26H24ClFN6O2. The minimum atomic E-state index is -0.397. The highest BCUT2D eigenvalue weighted by molar-refractivity contribution is 6.31. The van der Waals surface area contributed by atoms with Gasteiger partial charge in [0, 0.05) is 24.1 Å². The van der Waals surface area contributed by atoms with E-state index < -0.39 is 5.69 Å². The molecule has 0 atom stereocenters. The molecule has 0 aliphatic carbocycles. The van der Waals surface area contributed by atoms with E-state index in [0.717, 1.165) is 21.4 Å². The van der Waals surface area contributed by atoms with Crippen molar-refractivity contribution in [1.82, 2.24) is 19.8 Å². The quantitative estimate of drug-likeness (QED) is 0.196. The highest BCUT2D eigenvalue weighted by atomic mass is 35.5. The molecule has 1 aromatic heterocycles. The molecule has 3 aromatic carbocycles. The fourth-order valence-electron chi connectivity index (χ4n) is 3.47. The van der Waals surface area contributed by atoms with Crippen LogP contribution in [0.25, 0.3) is 16.8 Å². The zero-order valence-electron chi connectivity index (χ0n) is 20.0. The molecule has 10 heteroatoms. The van der Waals surface area contributed by atoms with Crippen molar-refractivity contribution in [2.45, 2.75) is 26.9 Å². The normalized spacial score (nSPS) is 12.1. The van der Waals surface area contributed by atoms with Crippen LogP contribution in [0.5, 0.6) is 0 Å². The number of rotatable bonds is 7. The van der Waals surface area contributed by atoms with E-state index in [1.807, 2.05) is 38.1 Å². The van der Waals surface area contributed by atoms with Crippen molar-refractivity contribution in [2.75, 3.05) is 0 Å². The van der Waals surface area contributed by atoms with Gasteiger partial charge in [-0.3, -0.25) is 0 Å². The molecule has 0 aliphatic heterocycles. The second kappa shape index (κ2) is 11.1. The molecule has 0 fully saturated rings. The van der Waals surface area contributed by atoms with Crippen LogP contribution in [0, 0.1) is 5.82 Å².